The van der Waals surface area contributed by atoms with Crippen molar-refractivity contribution >= 4 is 23.5 Å². The molecule has 180 valence electrons. The number of rotatable bonds is 5. The van der Waals surface area contributed by atoms with Gasteiger partial charge in [0.25, 0.3) is 5.91 Å². The Kier molecular flexibility index (Phi) is 6.43. The molecule has 3 fully saturated rings. The number of imide groups is 1. The number of hydrogen-bond acceptors (Lipinski definition) is 4. The molecule has 2 unspecified atom stereocenters. The van der Waals surface area contributed by atoms with Gasteiger partial charge in [0, 0.05) is 32.4 Å². The van der Waals surface area contributed by atoms with Crippen molar-refractivity contribution < 1.29 is 14.4 Å². The van der Waals surface area contributed by atoms with E-state index in [4.69, 9.17) is 0 Å². The molecule has 33 heavy (non-hydrogen) atoms. The summed E-state index contributed by atoms with van der Waals surface area (Å²) in [4.78, 5) is 44.0. The van der Waals surface area contributed by atoms with Gasteiger partial charge in [-0.05, 0) is 67.6 Å². The molecule has 1 N–H and O–H groups in total. The van der Waals surface area contributed by atoms with E-state index in [1.807, 2.05) is 0 Å². The molecule has 2 aliphatic heterocycles. The predicted molar refractivity (Wildman–Crippen MR) is 129 cm³/mol. The highest BCUT2D eigenvalue weighted by molar-refractivity contribution is 6.09. The molecule has 0 radical (unpaired) electrons. The number of carbonyl (C=O) groups is 3. The van der Waals surface area contributed by atoms with Crippen LogP contribution in [-0.2, 0) is 16.1 Å². The maximum absolute atomic E-state index is 13.3. The first-order valence-electron chi connectivity index (χ1n) is 12.3. The van der Waals surface area contributed by atoms with E-state index in [9.17, 15) is 14.4 Å². The Morgan fingerprint density at radius 3 is 2.39 bits per heavy atom. The van der Waals surface area contributed by atoms with Gasteiger partial charge in [-0.15, -0.1) is 0 Å². The van der Waals surface area contributed by atoms with Crippen molar-refractivity contribution in [3.05, 3.63) is 29.8 Å². The summed E-state index contributed by atoms with van der Waals surface area (Å²) in [5.41, 5.74) is 1.35. The van der Waals surface area contributed by atoms with E-state index in [0.717, 1.165) is 30.0 Å². The monoisotopic (exact) mass is 454 g/mol. The van der Waals surface area contributed by atoms with Gasteiger partial charge in [0.2, 0.25) is 5.91 Å². The number of likely N-dealkylation sites (N-methyl/N-ethyl adjacent to an activating group) is 1. The van der Waals surface area contributed by atoms with E-state index in [-0.39, 0.29) is 23.8 Å². The molecule has 3 aliphatic rings. The Labute approximate surface area is 197 Å². The standard InChI is InChI=1S/C26H38N4O3/c1-19-14-25(2,3)18-26(15-19)23(32)30(24(33)27-26)17-22(31)28(4)16-20-8-10-21(11-9-20)29-12-6-5-7-13-29/h8-11,19H,5-7,12-18H2,1-4H3,(H,27,33). The predicted octanol–water partition coefficient (Wildman–Crippen LogP) is 3.77. The molecule has 1 aromatic carbocycles. The third-order valence-electron chi connectivity index (χ3n) is 7.42. The third kappa shape index (κ3) is 5.02. The molecule has 4 rings (SSSR count). The van der Waals surface area contributed by atoms with Gasteiger partial charge in [-0.2, -0.15) is 0 Å². The average Bonchev–Trinajstić information content (AvgIpc) is 2.96. The smallest absolute Gasteiger partial charge is 0.325 e. The van der Waals surface area contributed by atoms with Crippen LogP contribution in [-0.4, -0.2) is 59.9 Å². The van der Waals surface area contributed by atoms with Gasteiger partial charge in [-0.25, -0.2) is 4.79 Å². The number of nitrogens with one attached hydrogen (secondary N) is 1. The lowest BCUT2D eigenvalue weighted by molar-refractivity contribution is -0.140. The zero-order valence-electron chi connectivity index (χ0n) is 20.5. The fraction of sp³-hybridized carbons (Fsp3) is 0.654. The second kappa shape index (κ2) is 8.99. The summed E-state index contributed by atoms with van der Waals surface area (Å²) in [7, 11) is 1.72. The fourth-order valence-electron chi connectivity index (χ4n) is 6.23. The van der Waals surface area contributed by atoms with E-state index >= 15 is 0 Å². The molecule has 0 aromatic heterocycles. The molecule has 1 saturated carbocycles. The van der Waals surface area contributed by atoms with Gasteiger partial charge >= 0.3 is 6.03 Å². The number of piperidine rings is 1. The van der Waals surface area contributed by atoms with Crippen LogP contribution in [0.1, 0.15) is 64.9 Å². The van der Waals surface area contributed by atoms with Crippen LogP contribution in [0.25, 0.3) is 0 Å². The Balaban J connectivity index is 1.36. The molecule has 1 aromatic rings. The van der Waals surface area contributed by atoms with Crippen LogP contribution in [0.4, 0.5) is 10.5 Å². The van der Waals surface area contributed by atoms with Crippen LogP contribution in [0.15, 0.2) is 24.3 Å². The minimum Gasteiger partial charge on any atom is -0.372 e. The number of anilines is 1. The zero-order chi connectivity index (χ0) is 23.8. The van der Waals surface area contributed by atoms with Crippen molar-refractivity contribution in [2.45, 2.75) is 71.4 Å². The highest BCUT2D eigenvalue weighted by Gasteiger charge is 2.56. The Bertz CT molecular complexity index is 907. The third-order valence-corrected chi connectivity index (χ3v) is 7.42. The first kappa shape index (κ1) is 23.6. The van der Waals surface area contributed by atoms with Gasteiger partial charge in [0.15, 0.2) is 0 Å². The fourth-order valence-corrected chi connectivity index (χ4v) is 6.23. The number of benzene rings is 1. The van der Waals surface area contributed by atoms with Crippen molar-refractivity contribution in [2.75, 3.05) is 31.6 Å². The summed E-state index contributed by atoms with van der Waals surface area (Å²) in [6.07, 6.45) is 6.04. The molecule has 2 saturated heterocycles. The minimum atomic E-state index is -0.874. The van der Waals surface area contributed by atoms with Crippen LogP contribution >= 0.6 is 0 Å². The Hall–Kier alpha value is -2.57. The van der Waals surface area contributed by atoms with Crippen LogP contribution in [0.5, 0.6) is 0 Å². The lowest BCUT2D eigenvalue weighted by Crippen LogP contribution is -2.54. The molecular formula is C26H38N4O3. The van der Waals surface area contributed by atoms with Crippen molar-refractivity contribution in [1.82, 2.24) is 15.1 Å². The highest BCUT2D eigenvalue weighted by Crippen LogP contribution is 2.46. The molecule has 7 nitrogen and oxygen atoms in total. The number of nitrogens with zero attached hydrogens (tertiary/aromatic N) is 3. The summed E-state index contributed by atoms with van der Waals surface area (Å²) in [5, 5.41) is 2.95. The van der Waals surface area contributed by atoms with Gasteiger partial charge < -0.3 is 15.1 Å². The normalized spacial score (nSPS) is 27.1. The summed E-state index contributed by atoms with van der Waals surface area (Å²) >= 11 is 0. The second-order valence-electron chi connectivity index (χ2n) is 11.2. The number of hydrogen-bond donors (Lipinski definition) is 1. The van der Waals surface area contributed by atoms with E-state index in [2.05, 4.69) is 55.3 Å². The molecule has 1 aliphatic carbocycles. The number of carbonyl (C=O) groups excluding carboxylic acids is 3. The lowest BCUT2D eigenvalue weighted by Gasteiger charge is -2.43. The summed E-state index contributed by atoms with van der Waals surface area (Å²) in [5.74, 6) is -0.150. The quantitative estimate of drug-likeness (QED) is 0.688. The van der Waals surface area contributed by atoms with Gasteiger partial charge in [-0.3, -0.25) is 14.5 Å². The van der Waals surface area contributed by atoms with Crippen molar-refractivity contribution in [2.24, 2.45) is 11.3 Å². The van der Waals surface area contributed by atoms with Crippen molar-refractivity contribution in [3.63, 3.8) is 0 Å². The van der Waals surface area contributed by atoms with E-state index in [1.165, 1.54) is 24.9 Å². The van der Waals surface area contributed by atoms with Crippen LogP contribution in [0.2, 0.25) is 0 Å². The van der Waals surface area contributed by atoms with Gasteiger partial charge in [0.1, 0.15) is 12.1 Å². The maximum atomic E-state index is 13.3. The molecule has 1 spiro atoms. The second-order valence-corrected chi connectivity index (χ2v) is 11.2. The van der Waals surface area contributed by atoms with E-state index in [1.54, 1.807) is 11.9 Å². The largest absolute Gasteiger partial charge is 0.372 e. The maximum Gasteiger partial charge on any atom is 0.325 e. The van der Waals surface area contributed by atoms with E-state index < -0.39 is 11.6 Å². The van der Waals surface area contributed by atoms with Gasteiger partial charge in [0.05, 0.1) is 0 Å². The first-order chi connectivity index (χ1) is 15.6. The summed E-state index contributed by atoms with van der Waals surface area (Å²) in [6.45, 7) is 8.83. The van der Waals surface area contributed by atoms with Crippen LogP contribution in [0.3, 0.4) is 0 Å². The van der Waals surface area contributed by atoms with E-state index in [0.29, 0.717) is 25.3 Å². The molecule has 0 bridgehead atoms. The Morgan fingerprint density at radius 1 is 1.09 bits per heavy atom. The van der Waals surface area contributed by atoms with Crippen molar-refractivity contribution in [1.29, 1.82) is 0 Å². The van der Waals surface area contributed by atoms with Crippen molar-refractivity contribution in [3.8, 4) is 0 Å². The Morgan fingerprint density at radius 2 is 1.76 bits per heavy atom. The zero-order valence-corrected chi connectivity index (χ0v) is 20.5. The molecule has 7 heteroatoms. The lowest BCUT2D eigenvalue weighted by atomic mass is 9.64. The summed E-state index contributed by atoms with van der Waals surface area (Å²) < 4.78 is 0. The molecule has 2 atom stereocenters. The van der Waals surface area contributed by atoms with Gasteiger partial charge in [-0.1, -0.05) is 32.9 Å². The van der Waals surface area contributed by atoms with Crippen LogP contribution < -0.4 is 10.2 Å². The number of amides is 4. The van der Waals surface area contributed by atoms with Crippen LogP contribution in [0, 0.1) is 11.3 Å². The number of urea groups is 1. The average molecular weight is 455 g/mol. The highest BCUT2D eigenvalue weighted by atomic mass is 16.2. The topological polar surface area (TPSA) is 73.0 Å². The molecule has 2 heterocycles. The summed E-state index contributed by atoms with van der Waals surface area (Å²) in [6, 6.07) is 7.90. The molecular weight excluding hydrogens is 416 g/mol. The minimum absolute atomic E-state index is 0.0300. The first-order valence-corrected chi connectivity index (χ1v) is 12.3. The molecule has 4 amide bonds. The SMILES string of the molecule is CC1CC(C)(C)CC2(C1)NC(=O)N(CC(=O)N(C)Cc1ccc(N3CCCCC3)cc1)C2=O.